The number of nitrogens with one attached hydrogen (secondary N) is 1. The molecule has 0 bridgehead atoms. The van der Waals surface area contributed by atoms with E-state index in [1.165, 1.54) is 0 Å². The van der Waals surface area contributed by atoms with Crippen LogP contribution in [0.3, 0.4) is 0 Å². The summed E-state index contributed by atoms with van der Waals surface area (Å²) in [6.45, 7) is 9.78. The lowest BCUT2D eigenvalue weighted by molar-refractivity contribution is -0.129. The van der Waals surface area contributed by atoms with Gasteiger partial charge in [-0.2, -0.15) is 5.26 Å². The molecular formula is C28H40BN5O6. The summed E-state index contributed by atoms with van der Waals surface area (Å²) < 4.78 is 10.9. The first-order valence-corrected chi connectivity index (χ1v) is 14.0. The Balaban J connectivity index is 1.31. The van der Waals surface area contributed by atoms with Crippen molar-refractivity contribution in [3.8, 4) is 6.07 Å². The number of piperidine rings is 1. The maximum absolute atomic E-state index is 13.4. The Morgan fingerprint density at radius 3 is 2.50 bits per heavy atom. The third kappa shape index (κ3) is 7.83. The summed E-state index contributed by atoms with van der Waals surface area (Å²) >= 11 is 0. The molecule has 0 saturated carbocycles. The molecule has 0 radical (unpaired) electrons. The van der Waals surface area contributed by atoms with Crippen LogP contribution in [0, 0.1) is 11.3 Å². The van der Waals surface area contributed by atoms with Gasteiger partial charge in [0, 0.05) is 38.3 Å². The number of ether oxygens (including phenoxy) is 2. The van der Waals surface area contributed by atoms with Crippen molar-refractivity contribution in [3.63, 3.8) is 0 Å². The second-order valence-electron chi connectivity index (χ2n) is 11.3. The van der Waals surface area contributed by atoms with Gasteiger partial charge in [0.15, 0.2) is 0 Å². The van der Waals surface area contributed by atoms with Gasteiger partial charge in [0.05, 0.1) is 31.7 Å². The Kier molecular flexibility index (Phi) is 10.2. The molecule has 0 unspecified atom stereocenters. The van der Waals surface area contributed by atoms with E-state index in [2.05, 4.69) is 21.2 Å². The maximum Gasteiger partial charge on any atom is 0.475 e. The molecule has 216 valence electrons. The van der Waals surface area contributed by atoms with Crippen LogP contribution in [0.25, 0.3) is 0 Å². The lowest BCUT2D eigenvalue weighted by atomic mass is 9.76. The van der Waals surface area contributed by atoms with Crippen LogP contribution in [0.2, 0.25) is 0 Å². The molecule has 3 fully saturated rings. The van der Waals surface area contributed by atoms with Gasteiger partial charge in [-0.25, -0.2) is 4.79 Å². The van der Waals surface area contributed by atoms with E-state index in [0.29, 0.717) is 25.4 Å². The van der Waals surface area contributed by atoms with E-state index in [0.717, 1.165) is 45.0 Å². The molecule has 12 heteroatoms. The standard InChI is InChI=1S/C28H40BN5O6/c1-28(2,34-13-11-32(12-14-34)23-19-39-20-23)16-22(17-30)26(35)33-10-6-9-24(18-33)40-27(36)31-25(29(37)38)15-21-7-4-3-5-8-21/h3-5,7-8,16,23-25,37-38H,6,9-15,18-20H2,1-2H3,(H,31,36)/b22-16+/t24-,25-/m0/s1. The predicted molar refractivity (Wildman–Crippen MR) is 149 cm³/mol. The number of amides is 2. The second kappa shape index (κ2) is 13.6. The Morgan fingerprint density at radius 1 is 1.20 bits per heavy atom. The highest BCUT2D eigenvalue weighted by Crippen LogP contribution is 2.24. The summed E-state index contributed by atoms with van der Waals surface area (Å²) in [7, 11) is -1.76. The van der Waals surface area contributed by atoms with E-state index in [1.54, 1.807) is 11.0 Å². The molecule has 1 aromatic rings. The smallest absolute Gasteiger partial charge is 0.444 e. The monoisotopic (exact) mass is 553 g/mol. The van der Waals surface area contributed by atoms with Crippen molar-refractivity contribution in [2.75, 3.05) is 52.5 Å². The van der Waals surface area contributed by atoms with E-state index in [9.17, 15) is 24.9 Å². The minimum Gasteiger partial charge on any atom is -0.444 e. The van der Waals surface area contributed by atoms with Crippen LogP contribution in [-0.4, -0.2) is 120 Å². The van der Waals surface area contributed by atoms with Crippen molar-refractivity contribution >= 4 is 19.1 Å². The van der Waals surface area contributed by atoms with E-state index < -0.39 is 30.8 Å². The maximum atomic E-state index is 13.4. The van der Waals surface area contributed by atoms with Crippen molar-refractivity contribution in [2.24, 2.45) is 0 Å². The zero-order valence-electron chi connectivity index (χ0n) is 23.4. The number of rotatable bonds is 9. The van der Waals surface area contributed by atoms with Crippen LogP contribution >= 0.6 is 0 Å². The number of alkyl carbamates (subject to hydrolysis) is 1. The number of piperazine rings is 1. The Labute approximate surface area is 236 Å². The molecule has 3 N–H and O–H groups in total. The lowest BCUT2D eigenvalue weighted by Gasteiger charge is -2.46. The molecule has 3 aliphatic heterocycles. The first kappa shape index (κ1) is 30.0. The number of carbonyl (C=O) groups is 2. The van der Waals surface area contributed by atoms with Crippen LogP contribution in [0.4, 0.5) is 4.79 Å². The summed E-state index contributed by atoms with van der Waals surface area (Å²) in [4.78, 5) is 32.2. The fourth-order valence-corrected chi connectivity index (χ4v) is 5.51. The molecule has 0 aliphatic carbocycles. The van der Waals surface area contributed by atoms with Crippen LogP contribution in [0.1, 0.15) is 32.3 Å². The zero-order valence-corrected chi connectivity index (χ0v) is 23.4. The van der Waals surface area contributed by atoms with Gasteiger partial charge in [0.2, 0.25) is 0 Å². The van der Waals surface area contributed by atoms with Crippen molar-refractivity contribution in [3.05, 3.63) is 47.5 Å². The quantitative estimate of drug-likeness (QED) is 0.228. The van der Waals surface area contributed by atoms with Crippen molar-refractivity contribution in [2.45, 2.75) is 56.7 Å². The van der Waals surface area contributed by atoms with Gasteiger partial charge in [-0.3, -0.25) is 14.6 Å². The predicted octanol–water partition coefficient (Wildman–Crippen LogP) is 0.572. The third-order valence-corrected chi connectivity index (χ3v) is 8.02. The van der Waals surface area contributed by atoms with E-state index in [1.807, 2.05) is 44.2 Å². The van der Waals surface area contributed by atoms with Crippen LogP contribution in [-0.2, 0) is 20.7 Å². The average molecular weight is 553 g/mol. The van der Waals surface area contributed by atoms with E-state index >= 15 is 0 Å². The molecule has 1 aromatic carbocycles. The van der Waals surface area contributed by atoms with Gasteiger partial charge in [0.1, 0.15) is 17.7 Å². The number of benzene rings is 1. The first-order chi connectivity index (χ1) is 19.2. The topological polar surface area (TPSA) is 139 Å². The third-order valence-electron chi connectivity index (χ3n) is 8.02. The Morgan fingerprint density at radius 2 is 1.90 bits per heavy atom. The van der Waals surface area contributed by atoms with Gasteiger partial charge in [-0.05, 0) is 44.7 Å². The molecule has 3 heterocycles. The lowest BCUT2D eigenvalue weighted by Crippen LogP contribution is -2.59. The van der Waals surface area contributed by atoms with E-state index in [4.69, 9.17) is 9.47 Å². The zero-order chi connectivity index (χ0) is 28.7. The number of likely N-dealkylation sites (tertiary alicyclic amines) is 1. The van der Waals surface area contributed by atoms with Crippen LogP contribution < -0.4 is 5.32 Å². The van der Waals surface area contributed by atoms with Gasteiger partial charge in [0.25, 0.3) is 5.91 Å². The Bertz CT molecular complexity index is 1080. The van der Waals surface area contributed by atoms with E-state index in [-0.39, 0.29) is 24.4 Å². The molecular weight excluding hydrogens is 513 g/mol. The van der Waals surface area contributed by atoms with Gasteiger partial charge in [-0.1, -0.05) is 30.3 Å². The number of nitriles is 1. The normalized spacial score (nSPS) is 22.1. The SMILES string of the molecule is CC(C)(/C=C(\C#N)C(=O)N1CCC[C@H](OC(=O)N[C@@H](Cc2ccccc2)B(O)O)C1)N1CCN(C2COC2)CC1. The Hall–Kier alpha value is -2.95. The highest BCUT2D eigenvalue weighted by Gasteiger charge is 2.35. The van der Waals surface area contributed by atoms with Crippen molar-refractivity contribution in [1.29, 1.82) is 5.26 Å². The van der Waals surface area contributed by atoms with Crippen molar-refractivity contribution in [1.82, 2.24) is 20.0 Å². The molecule has 3 saturated heterocycles. The van der Waals surface area contributed by atoms with Crippen LogP contribution in [0.5, 0.6) is 0 Å². The molecule has 0 aromatic heterocycles. The van der Waals surface area contributed by atoms with Crippen LogP contribution in [0.15, 0.2) is 42.0 Å². The minimum atomic E-state index is -1.76. The highest BCUT2D eigenvalue weighted by molar-refractivity contribution is 6.43. The highest BCUT2D eigenvalue weighted by atomic mass is 16.6. The molecule has 2 amide bonds. The molecule has 11 nitrogen and oxygen atoms in total. The second-order valence-corrected chi connectivity index (χ2v) is 11.3. The number of carbonyl (C=O) groups excluding carboxylic acids is 2. The summed E-state index contributed by atoms with van der Waals surface area (Å²) in [6, 6.07) is 11.8. The largest absolute Gasteiger partial charge is 0.475 e. The summed E-state index contributed by atoms with van der Waals surface area (Å²) in [5.74, 6) is -1.32. The fraction of sp³-hybridized carbons (Fsp3) is 0.607. The summed E-state index contributed by atoms with van der Waals surface area (Å²) in [5.41, 5.74) is 0.438. The first-order valence-electron chi connectivity index (χ1n) is 14.0. The molecule has 40 heavy (non-hydrogen) atoms. The average Bonchev–Trinajstić information content (AvgIpc) is 2.91. The molecule has 3 aliphatic rings. The molecule has 4 rings (SSSR count). The number of hydrogen-bond donors (Lipinski definition) is 3. The van der Waals surface area contributed by atoms with Crippen molar-refractivity contribution < 1.29 is 29.1 Å². The fourth-order valence-electron chi connectivity index (χ4n) is 5.51. The number of hydrogen-bond acceptors (Lipinski definition) is 9. The van der Waals surface area contributed by atoms with Gasteiger partial charge < -0.3 is 29.7 Å². The van der Waals surface area contributed by atoms with Gasteiger partial charge >= 0.3 is 13.2 Å². The molecule has 2 atom stereocenters. The minimum absolute atomic E-state index is 0.0799. The number of nitrogens with zero attached hydrogens (tertiary/aromatic N) is 4. The summed E-state index contributed by atoms with van der Waals surface area (Å²) in [6.07, 6.45) is 1.81. The molecule has 0 spiro atoms. The van der Waals surface area contributed by atoms with Gasteiger partial charge in [-0.15, -0.1) is 0 Å². The summed E-state index contributed by atoms with van der Waals surface area (Å²) in [5, 5.41) is 31.9.